The summed E-state index contributed by atoms with van der Waals surface area (Å²) < 4.78 is 15.5. The van der Waals surface area contributed by atoms with Gasteiger partial charge in [-0.3, -0.25) is 14.7 Å². The Balaban J connectivity index is 1.65. The number of likely N-dealkylation sites (tertiary alicyclic amines) is 1. The Morgan fingerprint density at radius 1 is 1.24 bits per heavy atom. The van der Waals surface area contributed by atoms with Crippen LogP contribution in [0.2, 0.25) is 0 Å². The lowest BCUT2D eigenvalue weighted by Gasteiger charge is -2.14. The SMILES string of the molecule is Cc1c(-c2cc(=O)n(-c3ccc(C(=O)N4CCCC4)cn3)[nH]2)ccc(C#N)c1F. The molecular weight excluding hydrogens is 373 g/mol. The second-order valence-electron chi connectivity index (χ2n) is 6.96. The summed E-state index contributed by atoms with van der Waals surface area (Å²) in [5.41, 5.74) is 1.23. The number of amides is 1. The molecule has 0 aliphatic carbocycles. The Bertz CT molecular complexity index is 1180. The fourth-order valence-corrected chi connectivity index (χ4v) is 3.51. The first-order chi connectivity index (χ1) is 14.0. The summed E-state index contributed by atoms with van der Waals surface area (Å²) in [6.45, 7) is 3.05. The number of aromatic nitrogens is 3. The highest BCUT2D eigenvalue weighted by Crippen LogP contribution is 2.25. The van der Waals surface area contributed by atoms with Crippen molar-refractivity contribution in [2.45, 2.75) is 19.8 Å². The smallest absolute Gasteiger partial charge is 0.273 e. The lowest BCUT2D eigenvalue weighted by atomic mass is 10.0. The molecule has 0 unspecified atom stereocenters. The minimum absolute atomic E-state index is 0.0482. The van der Waals surface area contributed by atoms with Crippen LogP contribution < -0.4 is 5.56 Å². The summed E-state index contributed by atoms with van der Waals surface area (Å²) in [6.07, 6.45) is 3.47. The van der Waals surface area contributed by atoms with Gasteiger partial charge in [0.2, 0.25) is 0 Å². The van der Waals surface area contributed by atoms with E-state index in [9.17, 15) is 14.0 Å². The molecule has 1 aromatic carbocycles. The predicted octanol–water partition coefficient (Wildman–Crippen LogP) is 2.78. The van der Waals surface area contributed by atoms with Crippen molar-refractivity contribution in [2.24, 2.45) is 0 Å². The highest BCUT2D eigenvalue weighted by atomic mass is 19.1. The number of hydrogen-bond acceptors (Lipinski definition) is 4. The van der Waals surface area contributed by atoms with Crippen LogP contribution in [0.5, 0.6) is 0 Å². The van der Waals surface area contributed by atoms with E-state index in [1.54, 1.807) is 36.1 Å². The molecule has 4 rings (SSSR count). The normalized spacial score (nSPS) is 13.5. The van der Waals surface area contributed by atoms with E-state index in [4.69, 9.17) is 5.26 Å². The maximum atomic E-state index is 14.3. The van der Waals surface area contributed by atoms with E-state index in [-0.39, 0.29) is 22.6 Å². The summed E-state index contributed by atoms with van der Waals surface area (Å²) >= 11 is 0. The van der Waals surface area contributed by atoms with Crippen molar-refractivity contribution in [3.05, 3.63) is 69.4 Å². The van der Waals surface area contributed by atoms with Crippen molar-refractivity contribution >= 4 is 5.91 Å². The van der Waals surface area contributed by atoms with Crippen molar-refractivity contribution < 1.29 is 9.18 Å². The van der Waals surface area contributed by atoms with E-state index in [1.807, 2.05) is 0 Å². The number of aromatic amines is 1. The number of nitrogens with zero attached hydrogens (tertiary/aromatic N) is 4. The predicted molar refractivity (Wildman–Crippen MR) is 104 cm³/mol. The van der Waals surface area contributed by atoms with Gasteiger partial charge in [0.15, 0.2) is 5.82 Å². The molecule has 0 atom stereocenters. The van der Waals surface area contributed by atoms with Crippen LogP contribution in [0, 0.1) is 24.1 Å². The molecule has 1 saturated heterocycles. The fraction of sp³-hybridized carbons (Fsp3) is 0.238. The molecule has 3 heterocycles. The van der Waals surface area contributed by atoms with Crippen molar-refractivity contribution in [3.63, 3.8) is 0 Å². The third-order valence-electron chi connectivity index (χ3n) is 5.13. The second-order valence-corrected chi connectivity index (χ2v) is 6.96. The molecule has 0 saturated carbocycles. The van der Waals surface area contributed by atoms with Crippen LogP contribution in [-0.4, -0.2) is 38.7 Å². The summed E-state index contributed by atoms with van der Waals surface area (Å²) in [5.74, 6) is -0.350. The van der Waals surface area contributed by atoms with Crippen LogP contribution in [0.15, 0.2) is 41.3 Å². The van der Waals surface area contributed by atoms with E-state index < -0.39 is 5.82 Å². The van der Waals surface area contributed by atoms with E-state index in [1.165, 1.54) is 23.0 Å². The van der Waals surface area contributed by atoms with Crippen molar-refractivity contribution in [3.8, 4) is 23.1 Å². The quantitative estimate of drug-likeness (QED) is 0.743. The Morgan fingerprint density at radius 2 is 2.00 bits per heavy atom. The number of carbonyl (C=O) groups excluding carboxylic acids is 1. The number of carbonyl (C=O) groups is 1. The molecule has 7 nitrogen and oxygen atoms in total. The number of halogens is 1. The zero-order chi connectivity index (χ0) is 20.5. The number of nitrogens with one attached hydrogen (secondary N) is 1. The first kappa shape index (κ1) is 18.6. The first-order valence-electron chi connectivity index (χ1n) is 9.27. The van der Waals surface area contributed by atoms with Gasteiger partial charge >= 0.3 is 0 Å². The van der Waals surface area contributed by atoms with Crippen LogP contribution >= 0.6 is 0 Å². The van der Waals surface area contributed by atoms with E-state index >= 15 is 0 Å². The minimum atomic E-state index is -0.610. The van der Waals surface area contributed by atoms with Crippen molar-refractivity contribution in [1.29, 1.82) is 5.26 Å². The van der Waals surface area contributed by atoms with Crippen LogP contribution in [0.25, 0.3) is 17.1 Å². The fourth-order valence-electron chi connectivity index (χ4n) is 3.51. The zero-order valence-corrected chi connectivity index (χ0v) is 15.8. The van der Waals surface area contributed by atoms with Gasteiger partial charge in [-0.2, -0.15) is 5.26 Å². The summed E-state index contributed by atoms with van der Waals surface area (Å²) in [4.78, 5) is 30.9. The third-order valence-corrected chi connectivity index (χ3v) is 5.13. The first-order valence-corrected chi connectivity index (χ1v) is 9.27. The molecule has 8 heteroatoms. The van der Waals surface area contributed by atoms with E-state index in [0.717, 1.165) is 25.9 Å². The lowest BCUT2D eigenvalue weighted by molar-refractivity contribution is 0.0792. The number of rotatable bonds is 3. The van der Waals surface area contributed by atoms with Gasteiger partial charge in [-0.1, -0.05) is 6.07 Å². The lowest BCUT2D eigenvalue weighted by Crippen LogP contribution is -2.27. The highest BCUT2D eigenvalue weighted by Gasteiger charge is 2.20. The molecule has 146 valence electrons. The third kappa shape index (κ3) is 3.31. The highest BCUT2D eigenvalue weighted by molar-refractivity contribution is 5.94. The number of pyridine rings is 1. The monoisotopic (exact) mass is 391 g/mol. The summed E-state index contributed by atoms with van der Waals surface area (Å²) in [7, 11) is 0. The van der Waals surface area contributed by atoms with E-state index in [0.29, 0.717) is 22.6 Å². The number of H-pyrrole nitrogens is 1. The molecule has 0 spiro atoms. The van der Waals surface area contributed by atoms with Gasteiger partial charge in [0, 0.05) is 30.9 Å². The molecule has 1 amide bonds. The summed E-state index contributed by atoms with van der Waals surface area (Å²) in [6, 6.07) is 9.35. The van der Waals surface area contributed by atoms with Gasteiger partial charge in [0.25, 0.3) is 11.5 Å². The van der Waals surface area contributed by atoms with Gasteiger partial charge < -0.3 is 4.90 Å². The summed E-state index contributed by atoms with van der Waals surface area (Å²) in [5, 5.41) is 11.9. The maximum Gasteiger partial charge on any atom is 0.273 e. The van der Waals surface area contributed by atoms with Crippen molar-refractivity contribution in [1.82, 2.24) is 19.7 Å². The average molecular weight is 391 g/mol. The van der Waals surface area contributed by atoms with Crippen LogP contribution in [0.3, 0.4) is 0 Å². The minimum Gasteiger partial charge on any atom is -0.339 e. The van der Waals surface area contributed by atoms with Gasteiger partial charge in [-0.25, -0.2) is 14.1 Å². The van der Waals surface area contributed by atoms with Crippen LogP contribution in [-0.2, 0) is 0 Å². The molecule has 29 heavy (non-hydrogen) atoms. The number of hydrogen-bond donors (Lipinski definition) is 1. The molecule has 3 aromatic rings. The molecule has 2 aromatic heterocycles. The van der Waals surface area contributed by atoms with Crippen LogP contribution in [0.4, 0.5) is 4.39 Å². The Morgan fingerprint density at radius 3 is 2.66 bits per heavy atom. The molecule has 0 bridgehead atoms. The standard InChI is InChI=1S/C21H18FN5O2/c1-13-16(6-4-14(11-23)20(13)22)17-10-19(28)27(25-17)18-7-5-15(12-24-18)21(29)26-8-2-3-9-26/h4-7,10,12,25H,2-3,8-9H2,1H3. The van der Waals surface area contributed by atoms with Crippen molar-refractivity contribution in [2.75, 3.05) is 13.1 Å². The average Bonchev–Trinajstić information content (AvgIpc) is 3.40. The topological polar surface area (TPSA) is 94.8 Å². The molecule has 1 aliphatic rings. The molecule has 1 fully saturated rings. The van der Waals surface area contributed by atoms with Gasteiger partial charge in [0.1, 0.15) is 11.9 Å². The molecule has 1 aliphatic heterocycles. The van der Waals surface area contributed by atoms with Crippen LogP contribution in [0.1, 0.15) is 34.3 Å². The number of nitriles is 1. The van der Waals surface area contributed by atoms with Gasteiger partial charge in [-0.15, -0.1) is 0 Å². The van der Waals surface area contributed by atoms with Gasteiger partial charge in [-0.05, 0) is 43.5 Å². The molecule has 1 N–H and O–H groups in total. The second kappa shape index (κ2) is 7.36. The number of benzene rings is 1. The zero-order valence-electron chi connectivity index (χ0n) is 15.8. The Hall–Kier alpha value is -3.73. The Labute approximate surface area is 166 Å². The largest absolute Gasteiger partial charge is 0.339 e. The Kier molecular flexibility index (Phi) is 4.72. The van der Waals surface area contributed by atoms with Gasteiger partial charge in [0.05, 0.1) is 16.8 Å². The molecular formula is C21H18FN5O2. The molecule has 0 radical (unpaired) electrons. The van der Waals surface area contributed by atoms with E-state index in [2.05, 4.69) is 10.1 Å². The maximum absolute atomic E-state index is 14.3.